The molecule has 0 fully saturated rings. The molecule has 0 aliphatic carbocycles. The van der Waals surface area contributed by atoms with Gasteiger partial charge in [0.2, 0.25) is 5.95 Å². The largest absolute Gasteiger partial charge is 0.352 e. The van der Waals surface area contributed by atoms with Crippen molar-refractivity contribution in [2.24, 2.45) is 0 Å². The van der Waals surface area contributed by atoms with Crippen molar-refractivity contribution in [1.29, 1.82) is 0 Å². The van der Waals surface area contributed by atoms with Crippen LogP contribution in [0.25, 0.3) is 0 Å². The molecule has 2 N–H and O–H groups in total. The van der Waals surface area contributed by atoms with Crippen LogP contribution < -0.4 is 10.6 Å². The van der Waals surface area contributed by atoms with Gasteiger partial charge in [-0.25, -0.2) is 14.4 Å². The predicted octanol–water partition coefficient (Wildman–Crippen LogP) is 4.46. The minimum Gasteiger partial charge on any atom is -0.352 e. The molecule has 1 heterocycles. The van der Waals surface area contributed by atoms with E-state index in [1.807, 2.05) is 0 Å². The highest BCUT2D eigenvalue weighted by Gasteiger charge is 2.10. The lowest BCUT2D eigenvalue weighted by molar-refractivity contribution is 0.0953. The Labute approximate surface area is 170 Å². The Bertz CT molecular complexity index is 951. The van der Waals surface area contributed by atoms with Crippen molar-refractivity contribution in [3.05, 3.63) is 82.9 Å². The molecule has 29 heavy (non-hydrogen) atoms. The number of amides is 1. The Kier molecular flexibility index (Phi) is 6.89. The molecular weight excluding hydrogens is 367 g/mol. The number of para-hydroxylation sites is 1. The molecule has 0 radical (unpaired) electrons. The van der Waals surface area contributed by atoms with E-state index in [-0.39, 0.29) is 11.7 Å². The van der Waals surface area contributed by atoms with Gasteiger partial charge in [0.1, 0.15) is 5.82 Å². The first kappa shape index (κ1) is 20.5. The first-order valence-electron chi connectivity index (χ1n) is 9.83. The van der Waals surface area contributed by atoms with Gasteiger partial charge in [0.15, 0.2) is 0 Å². The Morgan fingerprint density at radius 3 is 2.17 bits per heavy atom. The smallest absolute Gasteiger partial charge is 0.254 e. The van der Waals surface area contributed by atoms with E-state index in [9.17, 15) is 9.18 Å². The third-order valence-electron chi connectivity index (χ3n) is 4.79. The molecule has 0 bridgehead atoms. The van der Waals surface area contributed by atoms with E-state index in [1.165, 1.54) is 29.6 Å². The van der Waals surface area contributed by atoms with Crippen LogP contribution in [0.2, 0.25) is 0 Å². The molecule has 1 aromatic heterocycles. The van der Waals surface area contributed by atoms with E-state index < -0.39 is 0 Å². The number of hydrogen-bond donors (Lipinski definition) is 2. The molecule has 5 nitrogen and oxygen atoms in total. The third kappa shape index (κ3) is 5.16. The quantitative estimate of drug-likeness (QED) is 0.594. The summed E-state index contributed by atoms with van der Waals surface area (Å²) in [5.41, 5.74) is 4.36. The number of nitrogens with one attached hydrogen (secondary N) is 2. The Hall–Kier alpha value is -3.28. The first-order chi connectivity index (χ1) is 14.1. The van der Waals surface area contributed by atoms with Crippen LogP contribution in [0.3, 0.4) is 0 Å². The lowest BCUT2D eigenvalue weighted by Crippen LogP contribution is -2.26. The fourth-order valence-corrected chi connectivity index (χ4v) is 3.14. The summed E-state index contributed by atoms with van der Waals surface area (Å²) in [7, 11) is 0. The van der Waals surface area contributed by atoms with Gasteiger partial charge in [0.05, 0.1) is 5.56 Å². The Morgan fingerprint density at radius 1 is 0.931 bits per heavy atom. The monoisotopic (exact) mass is 392 g/mol. The van der Waals surface area contributed by atoms with Crippen LogP contribution in [-0.2, 0) is 19.3 Å². The van der Waals surface area contributed by atoms with Gasteiger partial charge in [0.25, 0.3) is 5.91 Å². The summed E-state index contributed by atoms with van der Waals surface area (Å²) < 4.78 is 13.6. The zero-order valence-corrected chi connectivity index (χ0v) is 16.7. The summed E-state index contributed by atoms with van der Waals surface area (Å²) in [6, 6.07) is 12.8. The average molecular weight is 392 g/mol. The fraction of sp³-hybridized carbons (Fsp3) is 0.261. The minimum absolute atomic E-state index is 0.265. The van der Waals surface area contributed by atoms with Crippen LogP contribution in [0.4, 0.5) is 16.0 Å². The molecule has 3 aromatic rings. The van der Waals surface area contributed by atoms with Gasteiger partial charge in [-0.05, 0) is 42.0 Å². The van der Waals surface area contributed by atoms with Crippen LogP contribution in [0.15, 0.2) is 54.9 Å². The fourth-order valence-electron chi connectivity index (χ4n) is 3.14. The molecular formula is C23H25FN4O. The number of benzene rings is 2. The van der Waals surface area contributed by atoms with Crippen molar-refractivity contribution >= 4 is 17.5 Å². The summed E-state index contributed by atoms with van der Waals surface area (Å²) in [6.07, 6.45) is 5.21. The lowest BCUT2D eigenvalue weighted by atomic mass is 10.0. The summed E-state index contributed by atoms with van der Waals surface area (Å²) >= 11 is 0. The molecule has 1 amide bonds. The van der Waals surface area contributed by atoms with E-state index in [2.05, 4.69) is 52.6 Å². The number of aryl methyl sites for hydroxylation is 2. The van der Waals surface area contributed by atoms with Crippen molar-refractivity contribution in [1.82, 2.24) is 15.3 Å². The van der Waals surface area contributed by atoms with E-state index in [0.717, 1.165) is 18.5 Å². The Morgan fingerprint density at radius 2 is 1.55 bits per heavy atom. The third-order valence-corrected chi connectivity index (χ3v) is 4.79. The number of halogens is 1. The number of rotatable bonds is 8. The minimum atomic E-state index is -0.281. The molecule has 0 saturated carbocycles. The van der Waals surface area contributed by atoms with Gasteiger partial charge in [0, 0.05) is 24.6 Å². The molecule has 0 aliphatic rings. The summed E-state index contributed by atoms with van der Waals surface area (Å²) in [5.74, 6) is -0.0982. The number of hydrogen-bond acceptors (Lipinski definition) is 4. The maximum absolute atomic E-state index is 13.6. The van der Waals surface area contributed by atoms with Crippen LogP contribution in [0, 0.1) is 5.82 Å². The highest BCUT2D eigenvalue weighted by atomic mass is 19.1. The number of nitrogens with zero attached hydrogens (tertiary/aromatic N) is 2. The van der Waals surface area contributed by atoms with E-state index in [0.29, 0.717) is 30.0 Å². The second-order valence-electron chi connectivity index (χ2n) is 6.68. The molecule has 2 aromatic carbocycles. The second-order valence-corrected chi connectivity index (χ2v) is 6.68. The zero-order valence-electron chi connectivity index (χ0n) is 16.7. The second kappa shape index (κ2) is 9.78. The molecule has 150 valence electrons. The van der Waals surface area contributed by atoms with Crippen LogP contribution in [0.1, 0.15) is 40.9 Å². The highest BCUT2D eigenvalue weighted by Crippen LogP contribution is 2.25. The highest BCUT2D eigenvalue weighted by molar-refractivity contribution is 5.93. The van der Waals surface area contributed by atoms with Crippen molar-refractivity contribution in [2.75, 3.05) is 11.9 Å². The molecule has 3 rings (SSSR count). The summed E-state index contributed by atoms with van der Waals surface area (Å²) in [5, 5.41) is 6.06. The maximum atomic E-state index is 13.6. The molecule has 0 unspecified atom stereocenters. The zero-order chi connectivity index (χ0) is 20.6. The van der Waals surface area contributed by atoms with E-state index >= 15 is 0 Å². The molecule has 0 atom stereocenters. The maximum Gasteiger partial charge on any atom is 0.254 e. The predicted molar refractivity (Wildman–Crippen MR) is 113 cm³/mol. The van der Waals surface area contributed by atoms with Gasteiger partial charge in [-0.2, -0.15) is 0 Å². The summed E-state index contributed by atoms with van der Waals surface area (Å²) in [4.78, 5) is 20.9. The van der Waals surface area contributed by atoms with Crippen LogP contribution in [-0.4, -0.2) is 22.4 Å². The molecule has 0 spiro atoms. The van der Waals surface area contributed by atoms with Crippen molar-refractivity contribution in [2.45, 2.75) is 33.1 Å². The van der Waals surface area contributed by atoms with Crippen molar-refractivity contribution in [3.8, 4) is 0 Å². The number of anilines is 2. The number of aromatic nitrogens is 2. The van der Waals surface area contributed by atoms with Gasteiger partial charge >= 0.3 is 0 Å². The van der Waals surface area contributed by atoms with Crippen LogP contribution >= 0.6 is 0 Å². The molecule has 0 aliphatic heterocycles. The lowest BCUT2D eigenvalue weighted by Gasteiger charge is -2.14. The molecule has 6 heteroatoms. The van der Waals surface area contributed by atoms with Gasteiger partial charge in [-0.15, -0.1) is 0 Å². The first-order valence-corrected chi connectivity index (χ1v) is 9.83. The van der Waals surface area contributed by atoms with E-state index in [1.54, 1.807) is 18.2 Å². The molecule has 0 saturated heterocycles. The number of carbonyl (C=O) groups excluding carboxylic acids is 1. The standard InChI is InChI=1S/C23H25FN4O/c1-3-16-9-7-10-17(4-2)21(16)28-23-26-14-19(15-27-23)22(29)25-13-12-18-8-5-6-11-20(18)24/h5-11,14-15H,3-4,12-13H2,1-2H3,(H,25,29)(H,26,27,28). The van der Waals surface area contributed by atoms with Gasteiger partial charge < -0.3 is 10.6 Å². The van der Waals surface area contributed by atoms with Crippen molar-refractivity contribution in [3.63, 3.8) is 0 Å². The SMILES string of the molecule is CCc1cccc(CC)c1Nc1ncc(C(=O)NCCc2ccccc2F)cn1. The van der Waals surface area contributed by atoms with Gasteiger partial charge in [-0.3, -0.25) is 4.79 Å². The Balaban J connectivity index is 1.61. The topological polar surface area (TPSA) is 66.9 Å². The van der Waals surface area contributed by atoms with Crippen molar-refractivity contribution < 1.29 is 9.18 Å². The van der Waals surface area contributed by atoms with E-state index in [4.69, 9.17) is 0 Å². The van der Waals surface area contributed by atoms with Gasteiger partial charge in [-0.1, -0.05) is 50.2 Å². The van der Waals surface area contributed by atoms with Crippen LogP contribution in [0.5, 0.6) is 0 Å². The normalized spacial score (nSPS) is 10.6. The average Bonchev–Trinajstić information content (AvgIpc) is 2.75. The number of carbonyl (C=O) groups is 1. The summed E-state index contributed by atoms with van der Waals surface area (Å²) in [6.45, 7) is 4.55.